The van der Waals surface area contributed by atoms with Gasteiger partial charge in [0.1, 0.15) is 11.8 Å². The molecule has 4 nitrogen and oxygen atoms in total. The lowest BCUT2D eigenvalue weighted by Gasteiger charge is -2.35. The van der Waals surface area contributed by atoms with Crippen molar-refractivity contribution in [3.8, 4) is 5.75 Å². The molecule has 2 N–H and O–H groups in total. The Hall–Kier alpha value is -1.55. The summed E-state index contributed by atoms with van der Waals surface area (Å²) in [5.41, 5.74) is 1.08. The molecular formula is C11H13NO3. The van der Waals surface area contributed by atoms with Gasteiger partial charge in [-0.2, -0.15) is 0 Å². The number of phenolic OH excluding ortho intramolecular Hbond substituents is 1. The zero-order valence-electron chi connectivity index (χ0n) is 8.43. The summed E-state index contributed by atoms with van der Waals surface area (Å²) < 4.78 is 4.62. The molecule has 0 aromatic heterocycles. The second kappa shape index (κ2) is 3.90. The molecule has 0 bridgehead atoms. The quantitative estimate of drug-likeness (QED) is 0.709. The van der Waals surface area contributed by atoms with Gasteiger partial charge in [-0.3, -0.25) is 10.1 Å². The molecular weight excluding hydrogens is 194 g/mol. The highest BCUT2D eigenvalue weighted by molar-refractivity contribution is 5.77. The Balaban J connectivity index is 1.94. The Morgan fingerprint density at radius 3 is 2.60 bits per heavy atom. The third kappa shape index (κ3) is 1.94. The molecule has 1 fully saturated rings. The van der Waals surface area contributed by atoms with Crippen molar-refractivity contribution < 1.29 is 14.6 Å². The summed E-state index contributed by atoms with van der Waals surface area (Å²) in [6.07, 6.45) is 0.747. The van der Waals surface area contributed by atoms with Gasteiger partial charge in [0.15, 0.2) is 0 Å². The van der Waals surface area contributed by atoms with Gasteiger partial charge in [-0.25, -0.2) is 0 Å². The standard InChI is InChI=1S/C11H13NO3/c1-15-11(14)10-6-9(12-10)7-2-4-8(13)5-3-7/h2-5,9-10,12-13H,6H2,1H3. The lowest BCUT2D eigenvalue weighted by Crippen LogP contribution is -2.51. The lowest BCUT2D eigenvalue weighted by molar-refractivity contribution is -0.146. The highest BCUT2D eigenvalue weighted by atomic mass is 16.5. The van der Waals surface area contributed by atoms with Crippen molar-refractivity contribution in [1.82, 2.24) is 5.32 Å². The van der Waals surface area contributed by atoms with Gasteiger partial charge in [0.05, 0.1) is 7.11 Å². The molecule has 1 aromatic rings. The van der Waals surface area contributed by atoms with Crippen LogP contribution in [0.2, 0.25) is 0 Å². The molecule has 1 aliphatic rings. The van der Waals surface area contributed by atoms with E-state index in [0.29, 0.717) is 0 Å². The van der Waals surface area contributed by atoms with E-state index in [0.717, 1.165) is 12.0 Å². The van der Waals surface area contributed by atoms with Crippen LogP contribution in [0.3, 0.4) is 0 Å². The van der Waals surface area contributed by atoms with Crippen LogP contribution in [-0.2, 0) is 9.53 Å². The van der Waals surface area contributed by atoms with Gasteiger partial charge in [-0.15, -0.1) is 0 Å². The maximum absolute atomic E-state index is 11.1. The number of esters is 1. The van der Waals surface area contributed by atoms with Crippen molar-refractivity contribution in [2.75, 3.05) is 7.11 Å². The fourth-order valence-corrected chi connectivity index (χ4v) is 1.70. The van der Waals surface area contributed by atoms with E-state index in [4.69, 9.17) is 5.11 Å². The van der Waals surface area contributed by atoms with Crippen LogP contribution in [0, 0.1) is 0 Å². The highest BCUT2D eigenvalue weighted by Gasteiger charge is 2.35. The first-order chi connectivity index (χ1) is 7.20. The third-order valence-corrected chi connectivity index (χ3v) is 2.65. The van der Waals surface area contributed by atoms with Crippen molar-refractivity contribution in [3.63, 3.8) is 0 Å². The van der Waals surface area contributed by atoms with Gasteiger partial charge in [-0.1, -0.05) is 12.1 Å². The number of benzene rings is 1. The van der Waals surface area contributed by atoms with Crippen molar-refractivity contribution >= 4 is 5.97 Å². The molecule has 1 aliphatic heterocycles. The normalized spacial score (nSPS) is 24.3. The monoisotopic (exact) mass is 207 g/mol. The number of phenols is 1. The fraction of sp³-hybridized carbons (Fsp3) is 0.364. The second-order valence-electron chi connectivity index (χ2n) is 3.62. The van der Waals surface area contributed by atoms with E-state index < -0.39 is 0 Å². The van der Waals surface area contributed by atoms with Gasteiger partial charge in [0, 0.05) is 6.04 Å². The fourth-order valence-electron chi connectivity index (χ4n) is 1.70. The summed E-state index contributed by atoms with van der Waals surface area (Å²) in [6.45, 7) is 0. The summed E-state index contributed by atoms with van der Waals surface area (Å²) in [5, 5.41) is 12.2. The Morgan fingerprint density at radius 1 is 1.47 bits per heavy atom. The predicted octanol–water partition coefficient (Wildman–Crippen LogP) is 0.968. The molecule has 2 unspecified atom stereocenters. The van der Waals surface area contributed by atoms with Crippen molar-refractivity contribution in [2.45, 2.75) is 18.5 Å². The van der Waals surface area contributed by atoms with E-state index in [1.165, 1.54) is 7.11 Å². The highest BCUT2D eigenvalue weighted by Crippen LogP contribution is 2.29. The first-order valence-electron chi connectivity index (χ1n) is 4.83. The first-order valence-corrected chi connectivity index (χ1v) is 4.83. The zero-order valence-corrected chi connectivity index (χ0v) is 8.43. The largest absolute Gasteiger partial charge is 0.508 e. The summed E-state index contributed by atoms with van der Waals surface area (Å²) in [5.74, 6) is 0.0348. The minimum Gasteiger partial charge on any atom is -0.508 e. The molecule has 0 amide bonds. The molecule has 0 saturated carbocycles. The first kappa shape index (κ1) is 9.98. The van der Waals surface area contributed by atoms with E-state index in [-0.39, 0.29) is 23.8 Å². The number of carbonyl (C=O) groups excluding carboxylic acids is 1. The van der Waals surface area contributed by atoms with E-state index in [2.05, 4.69) is 10.1 Å². The number of hydrogen-bond donors (Lipinski definition) is 2. The Morgan fingerprint density at radius 2 is 2.07 bits per heavy atom. The molecule has 1 saturated heterocycles. The van der Waals surface area contributed by atoms with Crippen LogP contribution in [0.25, 0.3) is 0 Å². The lowest BCUT2D eigenvalue weighted by atomic mass is 9.91. The Labute approximate surface area is 87.9 Å². The maximum Gasteiger partial charge on any atom is 0.322 e. The summed E-state index contributed by atoms with van der Waals surface area (Å²) in [6, 6.07) is 6.98. The SMILES string of the molecule is COC(=O)C1CC(c2ccc(O)cc2)N1. The summed E-state index contributed by atoms with van der Waals surface area (Å²) in [7, 11) is 1.39. The average Bonchev–Trinajstić information content (AvgIpc) is 2.18. The molecule has 1 heterocycles. The summed E-state index contributed by atoms with van der Waals surface area (Å²) >= 11 is 0. The molecule has 2 atom stereocenters. The smallest absolute Gasteiger partial charge is 0.322 e. The van der Waals surface area contributed by atoms with Gasteiger partial charge < -0.3 is 9.84 Å². The van der Waals surface area contributed by atoms with Crippen LogP contribution in [0.4, 0.5) is 0 Å². The molecule has 1 aromatic carbocycles. The maximum atomic E-state index is 11.1. The number of carbonyl (C=O) groups is 1. The number of methoxy groups -OCH3 is 1. The van der Waals surface area contributed by atoms with Gasteiger partial charge >= 0.3 is 5.97 Å². The minimum atomic E-state index is -0.218. The predicted molar refractivity (Wildman–Crippen MR) is 54.4 cm³/mol. The number of rotatable bonds is 2. The van der Waals surface area contributed by atoms with Crippen LogP contribution < -0.4 is 5.32 Å². The van der Waals surface area contributed by atoms with E-state index in [1.54, 1.807) is 12.1 Å². The van der Waals surface area contributed by atoms with Crippen LogP contribution in [0.1, 0.15) is 18.0 Å². The number of aromatic hydroxyl groups is 1. The number of ether oxygens (including phenoxy) is 1. The molecule has 0 aliphatic carbocycles. The zero-order chi connectivity index (χ0) is 10.8. The van der Waals surface area contributed by atoms with Crippen LogP contribution in [-0.4, -0.2) is 24.2 Å². The van der Waals surface area contributed by atoms with Crippen molar-refractivity contribution in [1.29, 1.82) is 0 Å². The van der Waals surface area contributed by atoms with Gasteiger partial charge in [0.25, 0.3) is 0 Å². The molecule has 0 radical (unpaired) electrons. The van der Waals surface area contributed by atoms with Crippen molar-refractivity contribution in [3.05, 3.63) is 29.8 Å². The van der Waals surface area contributed by atoms with Crippen LogP contribution in [0.15, 0.2) is 24.3 Å². The Bertz CT molecular complexity index is 355. The molecule has 15 heavy (non-hydrogen) atoms. The van der Waals surface area contributed by atoms with E-state index >= 15 is 0 Å². The topological polar surface area (TPSA) is 58.6 Å². The number of nitrogens with one attached hydrogen (secondary N) is 1. The average molecular weight is 207 g/mol. The molecule has 2 rings (SSSR count). The second-order valence-corrected chi connectivity index (χ2v) is 3.62. The van der Waals surface area contributed by atoms with Crippen LogP contribution in [0.5, 0.6) is 5.75 Å². The molecule has 4 heteroatoms. The number of hydrogen-bond acceptors (Lipinski definition) is 4. The molecule has 0 spiro atoms. The summed E-state index contributed by atoms with van der Waals surface area (Å²) in [4.78, 5) is 11.1. The Kier molecular flexibility index (Phi) is 2.60. The van der Waals surface area contributed by atoms with Gasteiger partial charge in [0.2, 0.25) is 0 Å². The third-order valence-electron chi connectivity index (χ3n) is 2.65. The van der Waals surface area contributed by atoms with E-state index in [1.807, 2.05) is 12.1 Å². The van der Waals surface area contributed by atoms with Crippen molar-refractivity contribution in [2.24, 2.45) is 0 Å². The minimum absolute atomic E-state index is 0.186. The van der Waals surface area contributed by atoms with Crippen LogP contribution >= 0.6 is 0 Å². The van der Waals surface area contributed by atoms with E-state index in [9.17, 15) is 4.79 Å². The molecule has 80 valence electrons. The van der Waals surface area contributed by atoms with Gasteiger partial charge in [-0.05, 0) is 24.1 Å².